The van der Waals surface area contributed by atoms with E-state index in [0.29, 0.717) is 30.7 Å². The Morgan fingerprint density at radius 2 is 1.92 bits per heavy atom. The van der Waals surface area contributed by atoms with Crippen LogP contribution in [0.15, 0.2) is 0 Å². The summed E-state index contributed by atoms with van der Waals surface area (Å²) in [5.74, 6) is 0.541. The smallest absolute Gasteiger partial charge is 0.248 e. The van der Waals surface area contributed by atoms with Gasteiger partial charge in [-0.1, -0.05) is 42.2 Å². The molecule has 1 atom stereocenters. The van der Waals surface area contributed by atoms with Crippen molar-refractivity contribution in [2.45, 2.75) is 44.1 Å². The van der Waals surface area contributed by atoms with Crippen LogP contribution in [0.5, 0.6) is 0 Å². The number of rotatable bonds is 2. The molecule has 3 fully saturated rings. The summed E-state index contributed by atoms with van der Waals surface area (Å²) in [6.07, 6.45) is 8.31. The van der Waals surface area contributed by atoms with Crippen LogP contribution in [0.3, 0.4) is 0 Å². The van der Waals surface area contributed by atoms with Crippen LogP contribution in [-0.4, -0.2) is 59.5 Å². The number of carbonyl (C=O) groups is 1. The SMILES string of the molecule is N#CN1CCN2CCN(c3nc(Cl)c(C4CCCCC4)s3)C(=O)[C@@H]2C1. The summed E-state index contributed by atoms with van der Waals surface area (Å²) >= 11 is 8.01. The van der Waals surface area contributed by atoms with Gasteiger partial charge in [-0.25, -0.2) is 4.98 Å². The first-order valence-corrected chi connectivity index (χ1v) is 10.2. The van der Waals surface area contributed by atoms with Crippen molar-refractivity contribution in [1.82, 2.24) is 14.8 Å². The highest BCUT2D eigenvalue weighted by atomic mass is 35.5. The Morgan fingerprint density at radius 3 is 2.68 bits per heavy atom. The monoisotopic (exact) mass is 379 g/mol. The van der Waals surface area contributed by atoms with Gasteiger partial charge in [0.2, 0.25) is 5.91 Å². The number of piperazine rings is 2. The van der Waals surface area contributed by atoms with Crippen LogP contribution in [0, 0.1) is 11.5 Å². The van der Waals surface area contributed by atoms with Gasteiger partial charge in [0.05, 0.1) is 6.54 Å². The molecule has 0 bridgehead atoms. The van der Waals surface area contributed by atoms with Crippen LogP contribution in [0.1, 0.15) is 42.9 Å². The van der Waals surface area contributed by atoms with Crippen molar-refractivity contribution < 1.29 is 4.79 Å². The molecule has 1 amide bonds. The van der Waals surface area contributed by atoms with E-state index in [9.17, 15) is 4.79 Å². The quantitative estimate of drug-likeness (QED) is 0.739. The summed E-state index contributed by atoms with van der Waals surface area (Å²) in [5.41, 5.74) is 0. The first kappa shape index (κ1) is 17.1. The standard InChI is InChI=1S/C17H22ClN5OS/c18-15-14(12-4-2-1-3-5-12)25-17(20-15)23-9-8-22-7-6-21(11-19)10-13(22)16(23)24/h12-13H,1-10H2/t13-/m0/s1. The molecule has 6 nitrogen and oxygen atoms in total. The molecule has 1 aromatic rings. The first-order valence-electron chi connectivity index (χ1n) is 9.03. The number of nitriles is 1. The molecule has 0 N–H and O–H groups in total. The predicted molar refractivity (Wildman–Crippen MR) is 97.9 cm³/mol. The van der Waals surface area contributed by atoms with E-state index in [2.05, 4.69) is 16.1 Å². The number of halogens is 1. The van der Waals surface area contributed by atoms with Gasteiger partial charge >= 0.3 is 0 Å². The van der Waals surface area contributed by atoms with Crippen molar-refractivity contribution in [3.63, 3.8) is 0 Å². The zero-order valence-electron chi connectivity index (χ0n) is 14.2. The van der Waals surface area contributed by atoms with Crippen LogP contribution >= 0.6 is 22.9 Å². The van der Waals surface area contributed by atoms with E-state index >= 15 is 0 Å². The number of carbonyl (C=O) groups excluding carboxylic acids is 1. The molecular formula is C17H22ClN5OS. The first-order chi connectivity index (χ1) is 12.2. The summed E-state index contributed by atoms with van der Waals surface area (Å²) in [6, 6.07) is -0.247. The summed E-state index contributed by atoms with van der Waals surface area (Å²) in [6.45, 7) is 3.42. The van der Waals surface area contributed by atoms with Gasteiger partial charge in [0, 0.05) is 31.1 Å². The molecule has 1 saturated carbocycles. The molecule has 1 aromatic heterocycles. The topological polar surface area (TPSA) is 63.5 Å². The molecule has 2 aliphatic heterocycles. The lowest BCUT2D eigenvalue weighted by molar-refractivity contribution is -0.127. The highest BCUT2D eigenvalue weighted by Crippen LogP contribution is 2.42. The van der Waals surface area contributed by atoms with Gasteiger partial charge in [-0.2, -0.15) is 5.26 Å². The minimum absolute atomic E-state index is 0.0480. The van der Waals surface area contributed by atoms with Gasteiger partial charge in [-0.3, -0.25) is 14.6 Å². The van der Waals surface area contributed by atoms with Crippen molar-refractivity contribution >= 4 is 34.0 Å². The Hall–Kier alpha value is -1.36. The highest BCUT2D eigenvalue weighted by Gasteiger charge is 2.40. The third-order valence-electron chi connectivity index (χ3n) is 5.60. The lowest BCUT2D eigenvalue weighted by Gasteiger charge is -2.44. The van der Waals surface area contributed by atoms with Gasteiger partial charge in [0.15, 0.2) is 11.3 Å². The fourth-order valence-corrected chi connectivity index (χ4v) is 5.71. The molecule has 0 radical (unpaired) electrons. The minimum atomic E-state index is -0.247. The fourth-order valence-electron chi connectivity index (χ4n) is 4.16. The Balaban J connectivity index is 1.54. The van der Waals surface area contributed by atoms with Gasteiger partial charge in [0.25, 0.3) is 0 Å². The number of nitrogens with zero attached hydrogens (tertiary/aromatic N) is 5. The molecule has 0 spiro atoms. The van der Waals surface area contributed by atoms with Crippen molar-refractivity contribution in [3.8, 4) is 6.19 Å². The summed E-state index contributed by atoms with van der Waals surface area (Å²) in [7, 11) is 0. The Bertz CT molecular complexity index is 696. The Kier molecular flexibility index (Phi) is 4.85. The lowest BCUT2D eigenvalue weighted by atomic mass is 9.88. The molecule has 0 unspecified atom stereocenters. The van der Waals surface area contributed by atoms with Crippen molar-refractivity contribution in [2.75, 3.05) is 37.6 Å². The predicted octanol–water partition coefficient (Wildman–Crippen LogP) is 2.66. The molecule has 0 aromatic carbocycles. The highest BCUT2D eigenvalue weighted by molar-refractivity contribution is 7.16. The van der Waals surface area contributed by atoms with E-state index in [4.69, 9.17) is 16.9 Å². The zero-order chi connectivity index (χ0) is 17.4. The molecule has 3 aliphatic rings. The second-order valence-electron chi connectivity index (χ2n) is 7.07. The van der Waals surface area contributed by atoms with Gasteiger partial charge in [-0.15, -0.1) is 0 Å². The number of hydrogen-bond acceptors (Lipinski definition) is 6. The Morgan fingerprint density at radius 1 is 1.16 bits per heavy atom. The van der Waals surface area contributed by atoms with E-state index in [0.717, 1.165) is 23.1 Å². The molecule has 2 saturated heterocycles. The van der Waals surface area contributed by atoms with Crippen molar-refractivity contribution in [1.29, 1.82) is 5.26 Å². The normalized spacial score (nSPS) is 25.8. The van der Waals surface area contributed by atoms with E-state index in [1.54, 1.807) is 21.1 Å². The Labute approximate surface area is 157 Å². The van der Waals surface area contributed by atoms with E-state index in [-0.39, 0.29) is 11.9 Å². The number of amides is 1. The third-order valence-corrected chi connectivity index (χ3v) is 7.24. The molecule has 1 aliphatic carbocycles. The molecule has 25 heavy (non-hydrogen) atoms. The number of anilines is 1. The maximum absolute atomic E-state index is 13.0. The molecular weight excluding hydrogens is 358 g/mol. The van der Waals surface area contributed by atoms with Gasteiger partial charge in [-0.05, 0) is 18.8 Å². The van der Waals surface area contributed by atoms with Crippen LogP contribution in [0.4, 0.5) is 5.13 Å². The second kappa shape index (κ2) is 7.10. The fraction of sp³-hybridized carbons (Fsp3) is 0.706. The van der Waals surface area contributed by atoms with Crippen LogP contribution in [0.2, 0.25) is 5.15 Å². The van der Waals surface area contributed by atoms with E-state index < -0.39 is 0 Å². The van der Waals surface area contributed by atoms with E-state index in [1.807, 2.05) is 0 Å². The summed E-state index contributed by atoms with van der Waals surface area (Å²) < 4.78 is 0. The van der Waals surface area contributed by atoms with Crippen LogP contribution in [-0.2, 0) is 4.79 Å². The largest absolute Gasteiger partial charge is 0.307 e. The molecule has 4 rings (SSSR count). The average molecular weight is 380 g/mol. The van der Waals surface area contributed by atoms with Gasteiger partial charge < -0.3 is 4.90 Å². The number of hydrogen-bond donors (Lipinski definition) is 0. The maximum Gasteiger partial charge on any atom is 0.248 e. The number of fused-ring (bicyclic) bond motifs is 1. The zero-order valence-corrected chi connectivity index (χ0v) is 15.7. The lowest BCUT2D eigenvalue weighted by Crippen LogP contribution is -2.64. The molecule has 8 heteroatoms. The summed E-state index contributed by atoms with van der Waals surface area (Å²) in [4.78, 5) is 24.3. The average Bonchev–Trinajstić information content (AvgIpc) is 3.04. The number of aromatic nitrogens is 1. The maximum atomic E-state index is 13.0. The summed E-state index contributed by atoms with van der Waals surface area (Å²) in [5, 5.41) is 10.4. The minimum Gasteiger partial charge on any atom is -0.307 e. The van der Waals surface area contributed by atoms with Crippen LogP contribution < -0.4 is 4.90 Å². The van der Waals surface area contributed by atoms with Crippen molar-refractivity contribution in [2.24, 2.45) is 0 Å². The van der Waals surface area contributed by atoms with Crippen LogP contribution in [0.25, 0.3) is 0 Å². The number of thiazole rings is 1. The van der Waals surface area contributed by atoms with Crippen molar-refractivity contribution in [3.05, 3.63) is 10.0 Å². The molecule has 134 valence electrons. The van der Waals surface area contributed by atoms with Gasteiger partial charge in [0.1, 0.15) is 11.2 Å². The van der Waals surface area contributed by atoms with E-state index in [1.165, 1.54) is 32.1 Å². The third kappa shape index (κ3) is 3.23. The second-order valence-corrected chi connectivity index (χ2v) is 8.44. The molecule has 3 heterocycles.